The van der Waals surface area contributed by atoms with Crippen molar-refractivity contribution < 1.29 is 19.5 Å². The third-order valence-electron chi connectivity index (χ3n) is 5.38. The van der Waals surface area contributed by atoms with Gasteiger partial charge in [-0.25, -0.2) is 5.48 Å². The number of hydrogen-bond acceptors (Lipinski definition) is 5. The number of H-pyrrole nitrogens is 1. The van der Waals surface area contributed by atoms with Crippen LogP contribution in [0.1, 0.15) is 32.8 Å². The number of nitrogens with zero attached hydrogens (tertiary/aromatic N) is 1. The summed E-state index contributed by atoms with van der Waals surface area (Å²) in [4.78, 5) is 15.3. The van der Waals surface area contributed by atoms with Gasteiger partial charge in [0, 0.05) is 30.2 Å². The van der Waals surface area contributed by atoms with Gasteiger partial charge in [0.2, 0.25) is 0 Å². The minimum absolute atomic E-state index is 0.0482. The number of para-hydroxylation sites is 1. The molecule has 1 fully saturated rings. The van der Waals surface area contributed by atoms with Crippen LogP contribution in [0.5, 0.6) is 0 Å². The van der Waals surface area contributed by atoms with Gasteiger partial charge in [-0.05, 0) is 51.4 Å². The SMILES string of the molecule is C=C(/C=C\C(C)=C/C)CC.C=CC(=O)NO.CN(CCc1c[nH]c2ccccc12)CC1OCCO1. The molecule has 192 valence electrons. The molecular weight excluding hydrogens is 442 g/mol. The zero-order valence-electron chi connectivity index (χ0n) is 21.5. The highest BCUT2D eigenvalue weighted by molar-refractivity contribution is 5.85. The molecule has 0 atom stereocenters. The molecule has 1 aliphatic rings. The fourth-order valence-corrected chi connectivity index (χ4v) is 3.02. The summed E-state index contributed by atoms with van der Waals surface area (Å²) in [6, 6.07) is 8.43. The van der Waals surface area contributed by atoms with Gasteiger partial charge in [0.15, 0.2) is 6.29 Å². The molecule has 1 amide bonds. The molecule has 0 bridgehead atoms. The lowest BCUT2D eigenvalue weighted by molar-refractivity contribution is -0.124. The summed E-state index contributed by atoms with van der Waals surface area (Å²) in [5.41, 5.74) is 6.41. The fourth-order valence-electron chi connectivity index (χ4n) is 3.02. The van der Waals surface area contributed by atoms with Gasteiger partial charge in [-0.2, -0.15) is 0 Å². The molecule has 2 aromatic rings. The standard InChI is InChI=1S/C15H20N2O2.C10H16.C3H5NO2/c1-17(11-15-18-8-9-19-15)7-6-12-10-16-14-5-3-2-4-13(12)14;1-5-9(3)7-8-10(4)6-2;1-2-3(5)4-6/h2-5,10,15-16H,6-9,11H2,1H3;6-8H,3,5H2,1-2,4H3;2,6H,1H2,(H,4,5)/b;8-7-,10-6-;. The fraction of sp³-hybridized carbons (Fsp3) is 0.393. The lowest BCUT2D eigenvalue weighted by Crippen LogP contribution is -2.31. The Morgan fingerprint density at radius 2 is 1.97 bits per heavy atom. The molecule has 7 heteroatoms. The summed E-state index contributed by atoms with van der Waals surface area (Å²) in [5, 5.41) is 8.99. The number of hydrogen-bond donors (Lipinski definition) is 3. The van der Waals surface area contributed by atoms with Crippen molar-refractivity contribution >= 4 is 16.8 Å². The van der Waals surface area contributed by atoms with Crippen molar-refractivity contribution in [1.82, 2.24) is 15.4 Å². The number of nitrogens with one attached hydrogen (secondary N) is 2. The lowest BCUT2D eigenvalue weighted by atomic mass is 10.1. The van der Waals surface area contributed by atoms with Crippen molar-refractivity contribution in [1.29, 1.82) is 0 Å². The molecule has 0 unspecified atom stereocenters. The van der Waals surface area contributed by atoms with E-state index in [-0.39, 0.29) is 6.29 Å². The number of aromatic amines is 1. The van der Waals surface area contributed by atoms with Crippen molar-refractivity contribution in [2.75, 3.05) is 33.4 Å². The molecule has 1 aromatic heterocycles. The number of ether oxygens (including phenoxy) is 2. The molecular formula is C28H41N3O4. The first-order valence-electron chi connectivity index (χ1n) is 11.9. The Morgan fingerprint density at radius 3 is 2.54 bits per heavy atom. The summed E-state index contributed by atoms with van der Waals surface area (Å²) < 4.78 is 10.9. The average molecular weight is 484 g/mol. The Balaban J connectivity index is 0.000000323. The maximum atomic E-state index is 9.70. The van der Waals surface area contributed by atoms with E-state index in [4.69, 9.17) is 14.7 Å². The van der Waals surface area contributed by atoms with Crippen LogP contribution < -0.4 is 5.48 Å². The second-order valence-electron chi connectivity index (χ2n) is 8.10. The van der Waals surface area contributed by atoms with Crippen molar-refractivity contribution in [3.8, 4) is 0 Å². The Morgan fingerprint density at radius 1 is 1.29 bits per heavy atom. The van der Waals surface area contributed by atoms with Crippen molar-refractivity contribution in [3.63, 3.8) is 0 Å². The van der Waals surface area contributed by atoms with E-state index in [0.29, 0.717) is 0 Å². The molecule has 3 N–H and O–H groups in total. The number of likely N-dealkylation sites (N-methyl/N-ethyl adjacent to an activating group) is 1. The van der Waals surface area contributed by atoms with Crippen LogP contribution in [0.3, 0.4) is 0 Å². The number of amides is 1. The molecule has 1 saturated heterocycles. The Hall–Kier alpha value is -2.97. The average Bonchev–Trinajstić information content (AvgIpc) is 3.55. The quantitative estimate of drug-likeness (QED) is 0.198. The summed E-state index contributed by atoms with van der Waals surface area (Å²) in [6.45, 7) is 16.4. The minimum Gasteiger partial charge on any atom is -0.361 e. The zero-order valence-corrected chi connectivity index (χ0v) is 21.5. The van der Waals surface area contributed by atoms with Crippen LogP contribution in [0.15, 0.2) is 79.1 Å². The van der Waals surface area contributed by atoms with Gasteiger partial charge in [0.25, 0.3) is 5.91 Å². The van der Waals surface area contributed by atoms with E-state index in [1.165, 1.54) is 33.1 Å². The van der Waals surface area contributed by atoms with Gasteiger partial charge in [0.1, 0.15) is 0 Å². The Bertz CT molecular complexity index is 971. The molecule has 0 aliphatic carbocycles. The number of allylic oxidation sites excluding steroid dienone is 5. The highest BCUT2D eigenvalue weighted by Gasteiger charge is 2.17. The van der Waals surface area contributed by atoms with E-state index in [9.17, 15) is 4.79 Å². The summed E-state index contributed by atoms with van der Waals surface area (Å²) in [6.07, 6.45) is 11.3. The van der Waals surface area contributed by atoms with Crippen LogP contribution in [0, 0.1) is 0 Å². The van der Waals surface area contributed by atoms with Crippen LogP contribution in [0.25, 0.3) is 10.9 Å². The first-order chi connectivity index (χ1) is 16.8. The van der Waals surface area contributed by atoms with E-state index in [0.717, 1.165) is 45.2 Å². The first-order valence-corrected chi connectivity index (χ1v) is 11.9. The number of carbonyl (C=O) groups is 1. The normalized spacial score (nSPS) is 13.8. The number of fused-ring (bicyclic) bond motifs is 1. The predicted molar refractivity (Wildman–Crippen MR) is 143 cm³/mol. The maximum absolute atomic E-state index is 9.70. The van der Waals surface area contributed by atoms with Crippen molar-refractivity contribution in [2.45, 2.75) is 39.9 Å². The van der Waals surface area contributed by atoms with Crippen molar-refractivity contribution in [3.05, 3.63) is 84.6 Å². The second kappa shape index (κ2) is 17.5. The molecule has 0 saturated carbocycles. The van der Waals surface area contributed by atoms with Gasteiger partial charge < -0.3 is 19.4 Å². The second-order valence-corrected chi connectivity index (χ2v) is 8.10. The van der Waals surface area contributed by atoms with Crippen LogP contribution >= 0.6 is 0 Å². The summed E-state index contributed by atoms with van der Waals surface area (Å²) >= 11 is 0. The number of carbonyl (C=O) groups excluding carboxylic acids is 1. The Kier molecular flexibility index (Phi) is 15.0. The van der Waals surface area contributed by atoms with E-state index < -0.39 is 5.91 Å². The molecule has 0 spiro atoms. The van der Waals surface area contributed by atoms with Gasteiger partial charge in [-0.1, -0.05) is 67.7 Å². The molecule has 7 nitrogen and oxygen atoms in total. The largest absolute Gasteiger partial charge is 0.361 e. The van der Waals surface area contributed by atoms with Crippen LogP contribution in [-0.4, -0.2) is 60.6 Å². The molecule has 0 radical (unpaired) electrons. The number of hydroxylamine groups is 1. The monoisotopic (exact) mass is 483 g/mol. The van der Waals surface area contributed by atoms with Gasteiger partial charge in [-0.3, -0.25) is 10.0 Å². The maximum Gasteiger partial charge on any atom is 0.266 e. The van der Waals surface area contributed by atoms with Crippen LogP contribution in [0.4, 0.5) is 0 Å². The smallest absolute Gasteiger partial charge is 0.266 e. The van der Waals surface area contributed by atoms with Crippen molar-refractivity contribution in [2.24, 2.45) is 0 Å². The predicted octanol–water partition coefficient (Wildman–Crippen LogP) is 5.17. The molecule has 2 heterocycles. The third-order valence-corrected chi connectivity index (χ3v) is 5.38. The van der Waals surface area contributed by atoms with Crippen LogP contribution in [0.2, 0.25) is 0 Å². The Labute approximate surface area is 209 Å². The molecule has 35 heavy (non-hydrogen) atoms. The topological polar surface area (TPSA) is 86.8 Å². The van der Waals surface area contributed by atoms with E-state index in [1.807, 2.05) is 6.92 Å². The first kappa shape index (κ1) is 30.1. The lowest BCUT2D eigenvalue weighted by Gasteiger charge is -2.19. The van der Waals surface area contributed by atoms with Gasteiger partial charge >= 0.3 is 0 Å². The number of benzene rings is 1. The highest BCUT2D eigenvalue weighted by atomic mass is 16.7. The van der Waals surface area contributed by atoms with E-state index >= 15 is 0 Å². The summed E-state index contributed by atoms with van der Waals surface area (Å²) in [5.74, 6) is -0.588. The summed E-state index contributed by atoms with van der Waals surface area (Å²) in [7, 11) is 2.11. The molecule has 3 rings (SSSR count). The van der Waals surface area contributed by atoms with Gasteiger partial charge in [0.05, 0.1) is 13.2 Å². The minimum atomic E-state index is -0.588. The van der Waals surface area contributed by atoms with Crippen LogP contribution in [-0.2, 0) is 20.7 Å². The van der Waals surface area contributed by atoms with E-state index in [2.05, 4.69) is 92.6 Å². The molecule has 1 aliphatic heterocycles. The highest BCUT2D eigenvalue weighted by Crippen LogP contribution is 2.18. The number of aromatic nitrogens is 1. The molecule has 1 aromatic carbocycles. The van der Waals surface area contributed by atoms with E-state index in [1.54, 1.807) is 0 Å². The van der Waals surface area contributed by atoms with Gasteiger partial charge in [-0.15, -0.1) is 0 Å². The zero-order chi connectivity index (χ0) is 26.1. The third kappa shape index (κ3) is 12.3. The number of rotatable bonds is 9.